The molecule has 21 heavy (non-hydrogen) atoms. The molecule has 1 aliphatic heterocycles. The number of carbonyl (C=O) groups excluding carboxylic acids is 1. The minimum atomic E-state index is 0.169. The Kier molecular flexibility index (Phi) is 4.20. The maximum Gasteiger partial charge on any atom is 0.220 e. The minimum Gasteiger partial charge on any atom is -0.489 e. The molecule has 3 rings (SSSR count). The minimum absolute atomic E-state index is 0.169. The molecule has 1 aliphatic rings. The van der Waals surface area contributed by atoms with Crippen molar-refractivity contribution in [2.75, 3.05) is 0 Å². The van der Waals surface area contributed by atoms with Crippen molar-refractivity contribution >= 4 is 5.91 Å². The molecular weight excluding hydrogens is 262 g/mol. The summed E-state index contributed by atoms with van der Waals surface area (Å²) in [5.74, 6) is 1.04. The molecule has 1 unspecified atom stereocenters. The van der Waals surface area contributed by atoms with Crippen molar-refractivity contribution in [3.63, 3.8) is 0 Å². The van der Waals surface area contributed by atoms with Crippen molar-refractivity contribution in [3.8, 4) is 5.75 Å². The molecule has 2 aromatic carbocycles. The average Bonchev–Trinajstić information content (AvgIpc) is 2.93. The number of ether oxygens (including phenoxy) is 1. The Labute approximate surface area is 124 Å². The van der Waals surface area contributed by atoms with E-state index in [0.717, 1.165) is 24.2 Å². The molecule has 0 radical (unpaired) electrons. The molecule has 1 N–H and O–H groups in total. The van der Waals surface area contributed by atoms with Gasteiger partial charge in [-0.15, -0.1) is 0 Å². The smallest absolute Gasteiger partial charge is 0.220 e. The summed E-state index contributed by atoms with van der Waals surface area (Å²) in [5, 5.41) is 2.99. The molecule has 0 aliphatic carbocycles. The number of nitrogens with one attached hydrogen (secondary N) is 1. The molecule has 0 saturated carbocycles. The molecular formula is C18H19NO2. The largest absolute Gasteiger partial charge is 0.489 e. The Morgan fingerprint density at radius 3 is 2.43 bits per heavy atom. The maximum absolute atomic E-state index is 11.2. The molecule has 1 saturated heterocycles. The second-order valence-corrected chi connectivity index (χ2v) is 5.43. The summed E-state index contributed by atoms with van der Waals surface area (Å²) in [7, 11) is 0. The van der Waals surface area contributed by atoms with Gasteiger partial charge in [0.15, 0.2) is 0 Å². The first kappa shape index (κ1) is 13.7. The molecule has 3 heteroatoms. The highest BCUT2D eigenvalue weighted by Crippen LogP contribution is 2.17. The average molecular weight is 281 g/mol. The Hall–Kier alpha value is -2.29. The molecule has 2 aromatic rings. The van der Waals surface area contributed by atoms with Gasteiger partial charge in [0.1, 0.15) is 12.4 Å². The van der Waals surface area contributed by atoms with Crippen LogP contribution in [0.3, 0.4) is 0 Å². The van der Waals surface area contributed by atoms with Crippen LogP contribution < -0.4 is 10.1 Å². The van der Waals surface area contributed by atoms with Gasteiger partial charge in [-0.2, -0.15) is 0 Å². The third-order valence-electron chi connectivity index (χ3n) is 3.74. The zero-order chi connectivity index (χ0) is 14.5. The lowest BCUT2D eigenvalue weighted by Crippen LogP contribution is -2.27. The van der Waals surface area contributed by atoms with Crippen molar-refractivity contribution in [2.24, 2.45) is 0 Å². The summed E-state index contributed by atoms with van der Waals surface area (Å²) in [6.45, 7) is 0.582. The lowest BCUT2D eigenvalue weighted by molar-refractivity contribution is -0.119. The van der Waals surface area contributed by atoms with Crippen LogP contribution in [0.1, 0.15) is 24.0 Å². The number of hydrogen-bond acceptors (Lipinski definition) is 2. The third-order valence-corrected chi connectivity index (χ3v) is 3.74. The van der Waals surface area contributed by atoms with Gasteiger partial charge in [-0.1, -0.05) is 42.5 Å². The van der Waals surface area contributed by atoms with E-state index in [1.54, 1.807) is 0 Å². The van der Waals surface area contributed by atoms with Crippen LogP contribution in [0.15, 0.2) is 54.6 Å². The molecule has 0 aromatic heterocycles. The zero-order valence-electron chi connectivity index (χ0n) is 11.9. The number of amides is 1. The van der Waals surface area contributed by atoms with E-state index in [9.17, 15) is 4.79 Å². The molecule has 1 heterocycles. The van der Waals surface area contributed by atoms with E-state index in [1.807, 2.05) is 30.3 Å². The second-order valence-electron chi connectivity index (χ2n) is 5.43. The van der Waals surface area contributed by atoms with E-state index in [-0.39, 0.29) is 11.9 Å². The number of benzene rings is 2. The fourth-order valence-electron chi connectivity index (χ4n) is 2.58. The maximum atomic E-state index is 11.2. The quantitative estimate of drug-likeness (QED) is 0.914. The Bertz CT molecular complexity index is 592. The molecule has 0 spiro atoms. The van der Waals surface area contributed by atoms with Crippen molar-refractivity contribution < 1.29 is 9.53 Å². The van der Waals surface area contributed by atoms with Gasteiger partial charge in [0.05, 0.1) is 0 Å². The van der Waals surface area contributed by atoms with Crippen molar-refractivity contribution in [1.82, 2.24) is 5.32 Å². The van der Waals surface area contributed by atoms with Crippen molar-refractivity contribution in [2.45, 2.75) is 31.9 Å². The number of hydrogen-bond donors (Lipinski definition) is 1. The highest BCUT2D eigenvalue weighted by Gasteiger charge is 2.20. The number of rotatable bonds is 5. The Morgan fingerprint density at radius 1 is 1.00 bits per heavy atom. The van der Waals surface area contributed by atoms with Crippen LogP contribution in [0.2, 0.25) is 0 Å². The van der Waals surface area contributed by atoms with Crippen LogP contribution in [-0.2, 0) is 17.8 Å². The summed E-state index contributed by atoms with van der Waals surface area (Å²) >= 11 is 0. The fourth-order valence-corrected chi connectivity index (χ4v) is 2.58. The van der Waals surface area contributed by atoms with Gasteiger partial charge in [0.25, 0.3) is 0 Å². The van der Waals surface area contributed by atoms with E-state index in [2.05, 4.69) is 29.6 Å². The van der Waals surface area contributed by atoms with Crippen LogP contribution in [0, 0.1) is 0 Å². The van der Waals surface area contributed by atoms with Gasteiger partial charge in [0, 0.05) is 12.5 Å². The van der Waals surface area contributed by atoms with Gasteiger partial charge in [0.2, 0.25) is 5.91 Å². The van der Waals surface area contributed by atoms with E-state index >= 15 is 0 Å². The predicted octanol–water partition coefficient (Wildman–Crippen LogP) is 3.09. The first-order valence-electron chi connectivity index (χ1n) is 7.34. The van der Waals surface area contributed by atoms with E-state index < -0.39 is 0 Å². The van der Waals surface area contributed by atoms with Gasteiger partial charge in [-0.25, -0.2) is 0 Å². The van der Waals surface area contributed by atoms with E-state index in [1.165, 1.54) is 5.56 Å². The highest BCUT2D eigenvalue weighted by atomic mass is 16.5. The molecule has 0 bridgehead atoms. The zero-order valence-corrected chi connectivity index (χ0v) is 11.9. The SMILES string of the molecule is O=C1CCC(Cc2ccc(OCc3ccccc3)cc2)N1. The van der Waals surface area contributed by atoms with Gasteiger partial charge in [-0.3, -0.25) is 4.79 Å². The fraction of sp³-hybridized carbons (Fsp3) is 0.278. The Balaban J connectivity index is 1.53. The standard InChI is InChI=1S/C18H19NO2/c20-18-11-8-16(19-18)12-14-6-9-17(10-7-14)21-13-15-4-2-1-3-5-15/h1-7,9-10,16H,8,11-13H2,(H,19,20). The lowest BCUT2D eigenvalue weighted by Gasteiger charge is -2.11. The van der Waals surface area contributed by atoms with Gasteiger partial charge >= 0.3 is 0 Å². The lowest BCUT2D eigenvalue weighted by atomic mass is 10.0. The summed E-state index contributed by atoms with van der Waals surface area (Å²) < 4.78 is 5.76. The molecule has 1 atom stereocenters. The predicted molar refractivity (Wildman–Crippen MR) is 82.1 cm³/mol. The summed E-state index contributed by atoms with van der Waals surface area (Å²) in [6.07, 6.45) is 2.48. The Morgan fingerprint density at radius 2 is 1.76 bits per heavy atom. The normalized spacial score (nSPS) is 17.5. The van der Waals surface area contributed by atoms with Crippen LogP contribution >= 0.6 is 0 Å². The molecule has 1 fully saturated rings. The van der Waals surface area contributed by atoms with Crippen molar-refractivity contribution in [1.29, 1.82) is 0 Å². The first-order valence-corrected chi connectivity index (χ1v) is 7.34. The first-order chi connectivity index (χ1) is 10.3. The molecule has 1 amide bonds. The van der Waals surface area contributed by atoms with Crippen LogP contribution in [0.25, 0.3) is 0 Å². The summed E-state index contributed by atoms with van der Waals surface area (Å²) in [6, 6.07) is 18.6. The highest BCUT2D eigenvalue weighted by molar-refractivity contribution is 5.78. The molecule has 108 valence electrons. The second kappa shape index (κ2) is 6.44. The van der Waals surface area contributed by atoms with Crippen LogP contribution in [0.5, 0.6) is 5.75 Å². The van der Waals surface area contributed by atoms with Gasteiger partial charge < -0.3 is 10.1 Å². The van der Waals surface area contributed by atoms with Crippen molar-refractivity contribution in [3.05, 3.63) is 65.7 Å². The van der Waals surface area contributed by atoms with Crippen LogP contribution in [-0.4, -0.2) is 11.9 Å². The topological polar surface area (TPSA) is 38.3 Å². The van der Waals surface area contributed by atoms with E-state index in [0.29, 0.717) is 13.0 Å². The monoisotopic (exact) mass is 281 g/mol. The van der Waals surface area contributed by atoms with E-state index in [4.69, 9.17) is 4.74 Å². The third kappa shape index (κ3) is 3.85. The van der Waals surface area contributed by atoms with Crippen LogP contribution in [0.4, 0.5) is 0 Å². The number of carbonyl (C=O) groups is 1. The van der Waals surface area contributed by atoms with Gasteiger partial charge in [-0.05, 0) is 36.1 Å². The summed E-state index contributed by atoms with van der Waals surface area (Å²) in [4.78, 5) is 11.2. The molecule has 3 nitrogen and oxygen atoms in total. The summed E-state index contributed by atoms with van der Waals surface area (Å²) in [5.41, 5.74) is 2.39.